The highest BCUT2D eigenvalue weighted by Gasteiger charge is 2.21. The number of hydrogen-bond donors (Lipinski definition) is 1. The fourth-order valence-corrected chi connectivity index (χ4v) is 2.92. The van der Waals surface area contributed by atoms with Crippen molar-refractivity contribution in [1.82, 2.24) is 5.32 Å². The van der Waals surface area contributed by atoms with Crippen molar-refractivity contribution in [2.45, 2.75) is 78.2 Å². The summed E-state index contributed by atoms with van der Waals surface area (Å²) < 4.78 is 0. The molecule has 1 heteroatoms. The summed E-state index contributed by atoms with van der Waals surface area (Å²) in [6.45, 7) is 8.26. The van der Waals surface area contributed by atoms with Crippen LogP contribution in [0.25, 0.3) is 0 Å². The third kappa shape index (κ3) is 4.86. The zero-order valence-corrected chi connectivity index (χ0v) is 11.6. The molecular formula is C15H31N. The van der Waals surface area contributed by atoms with Crippen LogP contribution in [0.3, 0.4) is 0 Å². The summed E-state index contributed by atoms with van der Waals surface area (Å²) in [5.41, 5.74) is 0. The van der Waals surface area contributed by atoms with E-state index in [-0.39, 0.29) is 0 Å². The maximum atomic E-state index is 3.78. The largest absolute Gasteiger partial charge is 0.314 e. The summed E-state index contributed by atoms with van der Waals surface area (Å²) in [6, 6.07) is 0.748. The van der Waals surface area contributed by atoms with Crippen LogP contribution in [0, 0.1) is 11.8 Å². The van der Waals surface area contributed by atoms with Crippen molar-refractivity contribution in [1.29, 1.82) is 0 Å². The summed E-state index contributed by atoms with van der Waals surface area (Å²) in [5.74, 6) is 1.87. The molecule has 0 aromatic carbocycles. The molecule has 0 radical (unpaired) electrons. The van der Waals surface area contributed by atoms with Gasteiger partial charge in [0.05, 0.1) is 0 Å². The fourth-order valence-electron chi connectivity index (χ4n) is 2.92. The van der Waals surface area contributed by atoms with E-state index in [4.69, 9.17) is 0 Å². The minimum atomic E-state index is 0.748. The second kappa shape index (κ2) is 8.11. The van der Waals surface area contributed by atoms with Crippen molar-refractivity contribution in [2.24, 2.45) is 11.8 Å². The molecule has 1 aliphatic carbocycles. The van der Waals surface area contributed by atoms with E-state index in [9.17, 15) is 0 Å². The number of hydrogen-bond acceptors (Lipinski definition) is 1. The van der Waals surface area contributed by atoms with Gasteiger partial charge in [0, 0.05) is 6.04 Å². The van der Waals surface area contributed by atoms with Gasteiger partial charge in [-0.15, -0.1) is 0 Å². The Morgan fingerprint density at radius 3 is 2.44 bits per heavy atom. The van der Waals surface area contributed by atoms with Gasteiger partial charge in [-0.05, 0) is 44.6 Å². The minimum Gasteiger partial charge on any atom is -0.314 e. The van der Waals surface area contributed by atoms with Gasteiger partial charge in [0.25, 0.3) is 0 Å². The normalized spacial score (nSPS) is 21.2. The lowest BCUT2D eigenvalue weighted by atomic mass is 9.96. The number of unbranched alkanes of at least 4 members (excludes halogenated alkanes) is 1. The highest BCUT2D eigenvalue weighted by Crippen LogP contribution is 2.27. The first-order valence-electron chi connectivity index (χ1n) is 7.51. The van der Waals surface area contributed by atoms with Crippen LogP contribution < -0.4 is 5.32 Å². The van der Waals surface area contributed by atoms with E-state index in [0.717, 1.165) is 17.9 Å². The molecule has 2 atom stereocenters. The molecule has 1 N–H and O–H groups in total. The van der Waals surface area contributed by atoms with Gasteiger partial charge in [-0.3, -0.25) is 0 Å². The Balaban J connectivity index is 2.14. The van der Waals surface area contributed by atoms with Crippen LogP contribution in [0.1, 0.15) is 72.1 Å². The maximum absolute atomic E-state index is 3.78. The lowest BCUT2D eigenvalue weighted by Gasteiger charge is -2.23. The van der Waals surface area contributed by atoms with Gasteiger partial charge in [0.15, 0.2) is 0 Å². The zero-order chi connectivity index (χ0) is 11.8. The molecule has 0 heterocycles. The third-order valence-corrected chi connectivity index (χ3v) is 4.38. The molecule has 1 saturated carbocycles. The summed E-state index contributed by atoms with van der Waals surface area (Å²) in [5, 5.41) is 3.78. The molecule has 0 spiro atoms. The smallest absolute Gasteiger partial charge is 0.00671 e. The first-order valence-corrected chi connectivity index (χ1v) is 7.51. The molecule has 0 aliphatic heterocycles. The summed E-state index contributed by atoms with van der Waals surface area (Å²) in [4.78, 5) is 0. The van der Waals surface area contributed by atoms with Crippen molar-refractivity contribution >= 4 is 0 Å². The van der Waals surface area contributed by atoms with Crippen molar-refractivity contribution in [3.05, 3.63) is 0 Å². The highest BCUT2D eigenvalue weighted by atomic mass is 14.9. The van der Waals surface area contributed by atoms with Crippen LogP contribution >= 0.6 is 0 Å². The van der Waals surface area contributed by atoms with E-state index in [1.165, 1.54) is 57.9 Å². The second-order valence-corrected chi connectivity index (χ2v) is 5.66. The van der Waals surface area contributed by atoms with E-state index in [1.807, 2.05) is 0 Å². The van der Waals surface area contributed by atoms with Crippen molar-refractivity contribution < 1.29 is 0 Å². The first-order chi connectivity index (χ1) is 7.77. The Kier molecular flexibility index (Phi) is 7.11. The molecule has 0 saturated heterocycles. The van der Waals surface area contributed by atoms with E-state index >= 15 is 0 Å². The summed E-state index contributed by atoms with van der Waals surface area (Å²) >= 11 is 0. The highest BCUT2D eigenvalue weighted by molar-refractivity contribution is 4.78. The molecular weight excluding hydrogens is 194 g/mol. The first kappa shape index (κ1) is 14.0. The molecule has 0 amide bonds. The van der Waals surface area contributed by atoms with Crippen molar-refractivity contribution in [2.75, 3.05) is 6.54 Å². The molecule has 0 bridgehead atoms. The molecule has 0 aromatic rings. The molecule has 1 fully saturated rings. The van der Waals surface area contributed by atoms with Crippen LogP contribution in [-0.2, 0) is 0 Å². The van der Waals surface area contributed by atoms with Gasteiger partial charge in [-0.1, -0.05) is 46.0 Å². The van der Waals surface area contributed by atoms with Gasteiger partial charge < -0.3 is 5.32 Å². The van der Waals surface area contributed by atoms with Gasteiger partial charge in [-0.25, -0.2) is 0 Å². The zero-order valence-electron chi connectivity index (χ0n) is 11.6. The van der Waals surface area contributed by atoms with Crippen LogP contribution in [0.15, 0.2) is 0 Å². The van der Waals surface area contributed by atoms with Gasteiger partial charge in [0.2, 0.25) is 0 Å². The van der Waals surface area contributed by atoms with E-state index < -0.39 is 0 Å². The number of nitrogens with one attached hydrogen (secondary N) is 1. The van der Waals surface area contributed by atoms with Crippen molar-refractivity contribution in [3.8, 4) is 0 Å². The Morgan fingerprint density at radius 2 is 1.88 bits per heavy atom. The van der Waals surface area contributed by atoms with E-state index in [0.29, 0.717) is 0 Å². The number of rotatable bonds is 8. The molecule has 1 rings (SSSR count). The standard InChI is InChI=1S/C15H31N/c1-4-6-9-14(5-2)12-16-13(3)15-10-7-8-11-15/h13-16H,4-12H2,1-3H3/t13-,14?/m1/s1. The summed E-state index contributed by atoms with van der Waals surface area (Å²) in [7, 11) is 0. The summed E-state index contributed by atoms with van der Waals surface area (Å²) in [6.07, 6.45) is 11.3. The van der Waals surface area contributed by atoms with E-state index in [2.05, 4.69) is 26.1 Å². The Hall–Kier alpha value is -0.0400. The van der Waals surface area contributed by atoms with Gasteiger partial charge >= 0.3 is 0 Å². The second-order valence-electron chi connectivity index (χ2n) is 5.66. The third-order valence-electron chi connectivity index (χ3n) is 4.38. The predicted octanol–water partition coefficient (Wildman–Crippen LogP) is 4.37. The average molecular weight is 225 g/mol. The topological polar surface area (TPSA) is 12.0 Å². The fraction of sp³-hybridized carbons (Fsp3) is 1.00. The molecule has 1 aliphatic rings. The molecule has 96 valence electrons. The van der Waals surface area contributed by atoms with Crippen molar-refractivity contribution in [3.63, 3.8) is 0 Å². The lowest BCUT2D eigenvalue weighted by molar-refractivity contribution is 0.335. The maximum Gasteiger partial charge on any atom is 0.00671 e. The predicted molar refractivity (Wildman–Crippen MR) is 72.7 cm³/mol. The Labute approximate surface area is 102 Å². The molecule has 1 nitrogen and oxygen atoms in total. The Bertz CT molecular complexity index is 161. The molecule has 0 aromatic heterocycles. The molecule has 1 unspecified atom stereocenters. The van der Waals surface area contributed by atoms with Crippen LogP contribution in [0.5, 0.6) is 0 Å². The van der Waals surface area contributed by atoms with Crippen LogP contribution in [-0.4, -0.2) is 12.6 Å². The SMILES string of the molecule is CCCCC(CC)CN[C@H](C)C1CCCC1. The average Bonchev–Trinajstić information content (AvgIpc) is 2.82. The monoisotopic (exact) mass is 225 g/mol. The van der Waals surface area contributed by atoms with Gasteiger partial charge in [-0.2, -0.15) is 0 Å². The van der Waals surface area contributed by atoms with Crippen LogP contribution in [0.2, 0.25) is 0 Å². The Morgan fingerprint density at radius 1 is 1.19 bits per heavy atom. The van der Waals surface area contributed by atoms with E-state index in [1.54, 1.807) is 0 Å². The quantitative estimate of drug-likeness (QED) is 0.647. The lowest BCUT2D eigenvalue weighted by Crippen LogP contribution is -2.35. The minimum absolute atomic E-state index is 0.748. The van der Waals surface area contributed by atoms with Crippen LogP contribution in [0.4, 0.5) is 0 Å². The van der Waals surface area contributed by atoms with Gasteiger partial charge in [0.1, 0.15) is 0 Å². The molecule has 16 heavy (non-hydrogen) atoms.